The van der Waals surface area contributed by atoms with E-state index in [1.807, 2.05) is 41.9 Å². The number of benzene rings is 2. The van der Waals surface area contributed by atoms with Crippen LogP contribution in [0.3, 0.4) is 0 Å². The van der Waals surface area contributed by atoms with Gasteiger partial charge in [-0.25, -0.2) is 9.78 Å². The number of aryl methyl sites for hydroxylation is 1. The number of carbonyl (C=O) groups excluding carboxylic acids is 1. The van der Waals surface area contributed by atoms with Gasteiger partial charge >= 0.3 is 5.97 Å². The summed E-state index contributed by atoms with van der Waals surface area (Å²) in [5, 5.41) is 6.90. The Morgan fingerprint density at radius 2 is 2.00 bits per heavy atom. The third-order valence-electron chi connectivity index (χ3n) is 4.07. The zero-order valence-electron chi connectivity index (χ0n) is 14.3. The molecule has 0 fully saturated rings. The molecule has 0 amide bonds. The van der Waals surface area contributed by atoms with Gasteiger partial charge in [-0.2, -0.15) is 5.10 Å². The molecule has 7 heteroatoms. The fraction of sp³-hybridized carbons (Fsp3) is 0.105. The first-order valence-electron chi connectivity index (χ1n) is 7.97. The van der Waals surface area contributed by atoms with E-state index in [1.54, 1.807) is 31.6 Å². The van der Waals surface area contributed by atoms with E-state index in [4.69, 9.17) is 9.47 Å². The van der Waals surface area contributed by atoms with Crippen LogP contribution in [-0.4, -0.2) is 32.8 Å². The second kappa shape index (κ2) is 6.36. The van der Waals surface area contributed by atoms with Gasteiger partial charge in [0.2, 0.25) is 0 Å². The van der Waals surface area contributed by atoms with Crippen molar-refractivity contribution in [1.82, 2.24) is 19.7 Å². The predicted molar refractivity (Wildman–Crippen MR) is 96.2 cm³/mol. The maximum atomic E-state index is 12.4. The first-order valence-corrected chi connectivity index (χ1v) is 7.97. The molecule has 0 aliphatic heterocycles. The molecule has 0 atom stereocenters. The Kier molecular flexibility index (Phi) is 3.89. The molecule has 2 aromatic carbocycles. The number of aromatic nitrogens is 4. The molecule has 0 bridgehead atoms. The van der Waals surface area contributed by atoms with Crippen LogP contribution in [0.15, 0.2) is 54.9 Å². The number of H-pyrrole nitrogens is 1. The number of methoxy groups -OCH3 is 1. The second-order valence-electron chi connectivity index (χ2n) is 5.79. The normalized spacial score (nSPS) is 10.8. The molecule has 0 aliphatic carbocycles. The van der Waals surface area contributed by atoms with Gasteiger partial charge in [0.1, 0.15) is 17.2 Å². The molecular weight excluding hydrogens is 332 g/mol. The zero-order valence-corrected chi connectivity index (χ0v) is 14.3. The van der Waals surface area contributed by atoms with Gasteiger partial charge in [-0.3, -0.25) is 5.10 Å². The lowest BCUT2D eigenvalue weighted by molar-refractivity contribution is 0.0729. The van der Waals surface area contributed by atoms with Gasteiger partial charge in [0.15, 0.2) is 0 Å². The van der Waals surface area contributed by atoms with Gasteiger partial charge in [0, 0.05) is 18.7 Å². The Morgan fingerprint density at radius 3 is 2.85 bits per heavy atom. The molecule has 26 heavy (non-hydrogen) atoms. The van der Waals surface area contributed by atoms with Gasteiger partial charge < -0.3 is 14.0 Å². The van der Waals surface area contributed by atoms with Crippen LogP contribution in [-0.2, 0) is 7.05 Å². The summed E-state index contributed by atoms with van der Waals surface area (Å²) >= 11 is 0. The van der Waals surface area contributed by atoms with Crippen LogP contribution in [0.25, 0.3) is 22.3 Å². The van der Waals surface area contributed by atoms with Gasteiger partial charge in [0.25, 0.3) is 0 Å². The van der Waals surface area contributed by atoms with Crippen molar-refractivity contribution in [2.45, 2.75) is 0 Å². The van der Waals surface area contributed by atoms with E-state index in [1.165, 1.54) is 0 Å². The summed E-state index contributed by atoms with van der Waals surface area (Å²) in [6.07, 6.45) is 1.71. The molecule has 0 saturated carbocycles. The number of ether oxygens (including phenoxy) is 2. The first kappa shape index (κ1) is 15.9. The van der Waals surface area contributed by atoms with Crippen LogP contribution in [0.4, 0.5) is 0 Å². The number of rotatable bonds is 4. The summed E-state index contributed by atoms with van der Waals surface area (Å²) in [7, 11) is 3.51. The highest BCUT2D eigenvalue weighted by Crippen LogP contribution is 2.24. The largest absolute Gasteiger partial charge is 0.497 e. The quantitative estimate of drug-likeness (QED) is 0.452. The average Bonchev–Trinajstić information content (AvgIpc) is 3.29. The molecule has 2 aromatic heterocycles. The number of aromatic amines is 1. The zero-order chi connectivity index (χ0) is 18.1. The monoisotopic (exact) mass is 348 g/mol. The van der Waals surface area contributed by atoms with Crippen molar-refractivity contribution in [2.75, 3.05) is 7.11 Å². The van der Waals surface area contributed by atoms with Crippen LogP contribution in [0.2, 0.25) is 0 Å². The van der Waals surface area contributed by atoms with E-state index in [2.05, 4.69) is 15.2 Å². The van der Waals surface area contributed by atoms with Crippen LogP contribution in [0, 0.1) is 0 Å². The van der Waals surface area contributed by atoms with Crippen LogP contribution in [0.1, 0.15) is 10.5 Å². The van der Waals surface area contributed by atoms with Crippen molar-refractivity contribution in [2.24, 2.45) is 7.05 Å². The summed E-state index contributed by atoms with van der Waals surface area (Å²) < 4.78 is 12.5. The number of hydrogen-bond acceptors (Lipinski definition) is 5. The Labute approximate surface area is 149 Å². The maximum Gasteiger partial charge on any atom is 0.361 e. The smallest absolute Gasteiger partial charge is 0.361 e. The minimum absolute atomic E-state index is 0.268. The first-order chi connectivity index (χ1) is 12.6. The van der Waals surface area contributed by atoms with Crippen molar-refractivity contribution in [3.63, 3.8) is 0 Å². The second-order valence-corrected chi connectivity index (χ2v) is 5.79. The summed E-state index contributed by atoms with van der Waals surface area (Å²) in [6.45, 7) is 0. The van der Waals surface area contributed by atoms with Crippen molar-refractivity contribution >= 4 is 17.0 Å². The number of esters is 1. The number of carbonyl (C=O) groups is 1. The highest BCUT2D eigenvalue weighted by Gasteiger charge is 2.14. The minimum atomic E-state index is -0.512. The third-order valence-corrected chi connectivity index (χ3v) is 4.07. The Morgan fingerprint density at radius 1 is 1.12 bits per heavy atom. The molecule has 0 aliphatic rings. The number of hydrogen-bond donors (Lipinski definition) is 1. The summed E-state index contributed by atoms with van der Waals surface area (Å²) in [5.41, 5.74) is 3.47. The lowest BCUT2D eigenvalue weighted by atomic mass is 10.1. The topological polar surface area (TPSA) is 82.0 Å². The summed E-state index contributed by atoms with van der Waals surface area (Å²) in [5.74, 6) is 0.638. The SMILES string of the molecule is COc1cccc(-c2cc(C(=O)Oc3ccc4c(c3)ncn4C)[nH]n2)c1. The molecule has 130 valence electrons. The van der Waals surface area contributed by atoms with Crippen molar-refractivity contribution in [3.05, 3.63) is 60.6 Å². The minimum Gasteiger partial charge on any atom is -0.497 e. The molecule has 0 unspecified atom stereocenters. The van der Waals surface area contributed by atoms with E-state index < -0.39 is 5.97 Å². The standard InChI is InChI=1S/C19H16N4O3/c1-23-11-20-16-9-14(6-7-18(16)23)26-19(24)17-10-15(21-22-17)12-4-3-5-13(8-12)25-2/h3-11H,1-2H3,(H,21,22). The lowest BCUT2D eigenvalue weighted by Gasteiger charge is -2.03. The van der Waals surface area contributed by atoms with Gasteiger partial charge in [-0.1, -0.05) is 12.1 Å². The molecule has 0 spiro atoms. The molecule has 1 N–H and O–H groups in total. The van der Waals surface area contributed by atoms with E-state index >= 15 is 0 Å². The molecule has 7 nitrogen and oxygen atoms in total. The third kappa shape index (κ3) is 2.90. The molecular formula is C19H16N4O3. The van der Waals surface area contributed by atoms with Crippen LogP contribution >= 0.6 is 0 Å². The van der Waals surface area contributed by atoms with E-state index in [0.29, 0.717) is 11.4 Å². The number of nitrogens with zero attached hydrogens (tertiary/aromatic N) is 3. The van der Waals surface area contributed by atoms with Crippen molar-refractivity contribution in [1.29, 1.82) is 0 Å². The van der Waals surface area contributed by atoms with Gasteiger partial charge in [-0.15, -0.1) is 0 Å². The van der Waals surface area contributed by atoms with Crippen LogP contribution < -0.4 is 9.47 Å². The van der Waals surface area contributed by atoms with Crippen molar-refractivity contribution in [3.8, 4) is 22.8 Å². The van der Waals surface area contributed by atoms with Crippen molar-refractivity contribution < 1.29 is 14.3 Å². The highest BCUT2D eigenvalue weighted by molar-refractivity contribution is 5.91. The van der Waals surface area contributed by atoms with E-state index in [-0.39, 0.29) is 5.69 Å². The number of imidazole rings is 1. The van der Waals surface area contributed by atoms with Gasteiger partial charge in [0.05, 0.1) is 30.2 Å². The predicted octanol–water partition coefficient (Wildman–Crippen LogP) is 3.19. The van der Waals surface area contributed by atoms with E-state index in [9.17, 15) is 4.79 Å². The molecule has 4 aromatic rings. The average molecular weight is 348 g/mol. The lowest BCUT2D eigenvalue weighted by Crippen LogP contribution is -2.08. The van der Waals surface area contributed by atoms with Gasteiger partial charge in [-0.05, 0) is 30.3 Å². The fourth-order valence-corrected chi connectivity index (χ4v) is 2.70. The van der Waals surface area contributed by atoms with Crippen LogP contribution in [0.5, 0.6) is 11.5 Å². The number of fused-ring (bicyclic) bond motifs is 1. The maximum absolute atomic E-state index is 12.4. The van der Waals surface area contributed by atoms with E-state index in [0.717, 1.165) is 22.3 Å². The Hall–Kier alpha value is -3.61. The number of nitrogens with one attached hydrogen (secondary N) is 1. The molecule has 0 radical (unpaired) electrons. The summed E-state index contributed by atoms with van der Waals surface area (Å²) in [6, 6.07) is 14.4. The Bertz CT molecular complexity index is 1100. The fourth-order valence-electron chi connectivity index (χ4n) is 2.70. The molecule has 0 saturated heterocycles. The molecule has 4 rings (SSSR count). The summed E-state index contributed by atoms with van der Waals surface area (Å²) in [4.78, 5) is 16.6. The highest BCUT2D eigenvalue weighted by atomic mass is 16.5. The Balaban J connectivity index is 1.55. The molecule has 2 heterocycles.